The topological polar surface area (TPSA) is 78.1 Å². The molecular weight excluding hydrogens is 548 g/mol. The molecular formula is C38H30N2O4. The number of nitrogens with zero attached hydrogens (tertiary/aromatic N) is 2. The minimum absolute atomic E-state index is 0.253. The second kappa shape index (κ2) is 9.71. The Hall–Kier alpha value is -5.10. The van der Waals surface area contributed by atoms with Crippen LogP contribution in [0.15, 0.2) is 92.0 Å². The van der Waals surface area contributed by atoms with Crippen LogP contribution in [0.25, 0.3) is 75.4 Å². The van der Waals surface area contributed by atoms with Gasteiger partial charge in [-0.25, -0.2) is 0 Å². The lowest BCUT2D eigenvalue weighted by atomic mass is 9.86. The van der Waals surface area contributed by atoms with Crippen LogP contribution in [0.3, 0.4) is 0 Å². The van der Waals surface area contributed by atoms with Gasteiger partial charge in [0.05, 0.1) is 0 Å². The van der Waals surface area contributed by atoms with Gasteiger partial charge in [-0.05, 0) is 80.2 Å². The van der Waals surface area contributed by atoms with Crippen molar-refractivity contribution in [2.75, 3.05) is 0 Å². The second-order valence-electron chi connectivity index (χ2n) is 11.9. The molecule has 0 aliphatic rings. The molecule has 0 aliphatic heterocycles. The number of aromatic nitrogens is 2. The lowest BCUT2D eigenvalue weighted by Gasteiger charge is -2.18. The van der Waals surface area contributed by atoms with Crippen molar-refractivity contribution in [1.29, 1.82) is 0 Å². The molecule has 6 heteroatoms. The fourth-order valence-corrected chi connectivity index (χ4v) is 7.39. The highest BCUT2D eigenvalue weighted by Gasteiger charge is 2.22. The lowest BCUT2D eigenvalue weighted by molar-refractivity contribution is 0.604. The van der Waals surface area contributed by atoms with E-state index in [9.17, 15) is 19.2 Å². The monoisotopic (exact) mass is 578 g/mol. The summed E-state index contributed by atoms with van der Waals surface area (Å²) in [5, 5.41) is 10.7. The summed E-state index contributed by atoms with van der Waals surface area (Å²) < 4.78 is 2.75. The quantitative estimate of drug-likeness (QED) is 0.153. The van der Waals surface area contributed by atoms with Crippen molar-refractivity contribution in [2.45, 2.75) is 52.6 Å². The number of rotatable bonds is 6. The van der Waals surface area contributed by atoms with Gasteiger partial charge in [0.2, 0.25) is 0 Å². The Balaban J connectivity index is 1.68. The Labute approximate surface area is 251 Å². The summed E-state index contributed by atoms with van der Waals surface area (Å²) in [5.41, 5.74) is -1.08. The molecule has 2 aromatic heterocycles. The van der Waals surface area contributed by atoms with Crippen LogP contribution in [0.4, 0.5) is 0 Å². The van der Waals surface area contributed by atoms with Crippen molar-refractivity contribution in [2.24, 2.45) is 0 Å². The Bertz CT molecular complexity index is 2530. The largest absolute Gasteiger partial charge is 0.274 e. The van der Waals surface area contributed by atoms with E-state index in [0.717, 1.165) is 68.8 Å². The van der Waals surface area contributed by atoms with E-state index >= 15 is 0 Å². The molecule has 0 bridgehead atoms. The number of hydrogen-bond donors (Lipinski definition) is 0. The maximum Gasteiger partial charge on any atom is 0.261 e. The molecule has 0 aliphatic carbocycles. The normalized spacial score (nSPS) is 12.3. The molecule has 6 nitrogen and oxygen atoms in total. The molecule has 0 N–H and O–H groups in total. The first-order chi connectivity index (χ1) is 21.5. The van der Waals surface area contributed by atoms with Crippen molar-refractivity contribution in [1.82, 2.24) is 9.13 Å². The van der Waals surface area contributed by atoms with Crippen LogP contribution < -0.4 is 22.2 Å². The fraction of sp³-hybridized carbons (Fsp3) is 0.211. The van der Waals surface area contributed by atoms with Gasteiger partial charge in [0.25, 0.3) is 22.2 Å². The predicted molar refractivity (Wildman–Crippen MR) is 182 cm³/mol. The summed E-state index contributed by atoms with van der Waals surface area (Å²) in [7, 11) is 0. The zero-order chi connectivity index (χ0) is 30.3. The molecule has 216 valence electrons. The minimum atomic E-state index is -0.285. The first-order valence-corrected chi connectivity index (χ1v) is 15.5. The first-order valence-electron chi connectivity index (χ1n) is 15.5. The highest BCUT2D eigenvalue weighted by Crippen LogP contribution is 2.44. The average molecular weight is 579 g/mol. The van der Waals surface area contributed by atoms with Crippen molar-refractivity contribution in [3.05, 3.63) is 114 Å². The van der Waals surface area contributed by atoms with Gasteiger partial charge < -0.3 is 0 Å². The van der Waals surface area contributed by atoms with E-state index in [1.165, 1.54) is 9.13 Å². The molecule has 0 spiro atoms. The van der Waals surface area contributed by atoms with Gasteiger partial charge in [0.1, 0.15) is 0 Å². The number of unbranched alkanes of at least 4 members (excludes halogenated alkanes) is 2. The Morgan fingerprint density at radius 2 is 0.750 bits per heavy atom. The van der Waals surface area contributed by atoms with Crippen molar-refractivity contribution in [3.63, 3.8) is 0 Å². The summed E-state index contributed by atoms with van der Waals surface area (Å²) >= 11 is 0. The maximum absolute atomic E-state index is 14.0. The van der Waals surface area contributed by atoms with Crippen LogP contribution in [-0.4, -0.2) is 9.13 Å². The van der Waals surface area contributed by atoms with E-state index in [2.05, 4.69) is 12.1 Å². The Morgan fingerprint density at radius 3 is 1.16 bits per heavy atom. The number of pyridine rings is 2. The van der Waals surface area contributed by atoms with Gasteiger partial charge in [-0.2, -0.15) is 0 Å². The van der Waals surface area contributed by atoms with Gasteiger partial charge in [-0.1, -0.05) is 75.2 Å². The Kier molecular flexibility index (Phi) is 5.85. The number of benzene rings is 6. The Morgan fingerprint density at radius 1 is 0.409 bits per heavy atom. The van der Waals surface area contributed by atoms with Crippen molar-refractivity contribution in [3.8, 4) is 0 Å². The van der Waals surface area contributed by atoms with Crippen LogP contribution in [-0.2, 0) is 13.1 Å². The van der Waals surface area contributed by atoms with E-state index in [1.54, 1.807) is 0 Å². The molecule has 8 rings (SSSR count). The van der Waals surface area contributed by atoms with Crippen molar-refractivity contribution >= 4 is 75.4 Å². The van der Waals surface area contributed by atoms with E-state index in [1.807, 2.05) is 74.5 Å². The highest BCUT2D eigenvalue weighted by molar-refractivity contribution is 6.40. The average Bonchev–Trinajstić information content (AvgIpc) is 3.05. The predicted octanol–water partition coefficient (Wildman–Crippen LogP) is 7.28. The molecule has 0 unspecified atom stereocenters. The first kappa shape index (κ1) is 26.5. The van der Waals surface area contributed by atoms with Crippen LogP contribution in [0.2, 0.25) is 0 Å². The summed E-state index contributed by atoms with van der Waals surface area (Å²) in [4.78, 5) is 55.2. The van der Waals surface area contributed by atoms with Crippen LogP contribution in [0.5, 0.6) is 0 Å². The molecule has 2 heterocycles. The third-order valence-electron chi connectivity index (χ3n) is 9.45. The van der Waals surface area contributed by atoms with Crippen LogP contribution >= 0.6 is 0 Å². The summed E-state index contributed by atoms with van der Waals surface area (Å²) in [6.07, 6.45) is 3.20. The molecule has 0 fully saturated rings. The zero-order valence-electron chi connectivity index (χ0n) is 24.7. The molecule has 44 heavy (non-hydrogen) atoms. The zero-order valence-corrected chi connectivity index (χ0v) is 24.7. The van der Waals surface area contributed by atoms with E-state index in [0.29, 0.717) is 45.4 Å². The molecule has 0 radical (unpaired) electrons. The van der Waals surface area contributed by atoms with Gasteiger partial charge >= 0.3 is 0 Å². The summed E-state index contributed by atoms with van der Waals surface area (Å²) in [6.45, 7) is 4.82. The third kappa shape index (κ3) is 3.42. The number of fused-ring (bicyclic) bond motifs is 8. The molecule has 6 aromatic carbocycles. The van der Waals surface area contributed by atoms with Crippen LogP contribution in [0, 0.1) is 0 Å². The lowest BCUT2D eigenvalue weighted by Crippen LogP contribution is -2.33. The van der Waals surface area contributed by atoms with Gasteiger partial charge in [-0.3, -0.25) is 28.3 Å². The minimum Gasteiger partial charge on any atom is -0.274 e. The van der Waals surface area contributed by atoms with Gasteiger partial charge in [0.15, 0.2) is 0 Å². The SMILES string of the molecule is CCCCn1c(=O)c2cccc3c2c(cc2c4cc5c(=O)n(CCCC)c(=O)c6cccc(c65)c4c4ccccc4c23)c1=O. The van der Waals surface area contributed by atoms with Crippen molar-refractivity contribution < 1.29 is 0 Å². The van der Waals surface area contributed by atoms with E-state index < -0.39 is 0 Å². The second-order valence-corrected chi connectivity index (χ2v) is 11.9. The summed E-state index contributed by atoms with van der Waals surface area (Å²) in [5.74, 6) is 0. The van der Waals surface area contributed by atoms with Gasteiger partial charge in [0, 0.05) is 45.4 Å². The smallest absolute Gasteiger partial charge is 0.261 e. The molecule has 0 atom stereocenters. The molecule has 0 saturated carbocycles. The highest BCUT2D eigenvalue weighted by atomic mass is 16.2. The number of hydrogen-bond acceptors (Lipinski definition) is 4. The maximum atomic E-state index is 14.0. The summed E-state index contributed by atoms with van der Waals surface area (Å²) in [6, 6.07) is 23.4. The molecule has 0 amide bonds. The fourth-order valence-electron chi connectivity index (χ4n) is 7.39. The van der Waals surface area contributed by atoms with E-state index in [-0.39, 0.29) is 22.2 Å². The van der Waals surface area contributed by atoms with Crippen LogP contribution in [0.1, 0.15) is 39.5 Å². The van der Waals surface area contributed by atoms with Gasteiger partial charge in [-0.15, -0.1) is 0 Å². The molecule has 8 aromatic rings. The standard InChI is InChI=1S/C38H30N2O4/c1-3-5-17-39-35(41)25-15-9-13-23-31-21-11-7-8-12-22(21)32-24-14-10-16-26-34(24)30(38(44)40(36(26)42)18-6-4-2)20-28(32)27(31)19-29(33(23)25)37(39)43/h7-16,19-20H,3-6,17-18H2,1-2H3. The molecule has 0 saturated heterocycles. The third-order valence-corrected chi connectivity index (χ3v) is 9.45. The van der Waals surface area contributed by atoms with E-state index in [4.69, 9.17) is 0 Å².